The van der Waals surface area contributed by atoms with Crippen LogP contribution in [0.2, 0.25) is 5.02 Å². The van der Waals surface area contributed by atoms with E-state index in [0.29, 0.717) is 22.4 Å². The molecular formula is C22H21ClFN5O. The highest BCUT2D eigenvalue weighted by molar-refractivity contribution is 6.31. The van der Waals surface area contributed by atoms with Gasteiger partial charge in [-0.05, 0) is 43.7 Å². The van der Waals surface area contributed by atoms with Crippen molar-refractivity contribution in [1.82, 2.24) is 19.7 Å². The summed E-state index contributed by atoms with van der Waals surface area (Å²) in [6.07, 6.45) is 1.52. The number of hydrogen-bond donors (Lipinski definition) is 1. The van der Waals surface area contributed by atoms with Crippen LogP contribution >= 0.6 is 11.6 Å². The summed E-state index contributed by atoms with van der Waals surface area (Å²) in [4.78, 5) is 9.05. The number of nitrogens with zero attached hydrogens (tertiary/aromatic N) is 4. The molecule has 2 N–H and O–H groups in total. The molecule has 1 atom stereocenters. The van der Waals surface area contributed by atoms with E-state index in [9.17, 15) is 4.39 Å². The number of halogens is 2. The van der Waals surface area contributed by atoms with Gasteiger partial charge in [0.1, 0.15) is 30.0 Å². The number of para-hydroxylation sites is 1. The molecule has 6 nitrogen and oxygen atoms in total. The number of aromatic nitrogens is 4. The molecule has 4 rings (SSSR count). The van der Waals surface area contributed by atoms with Crippen molar-refractivity contribution in [3.8, 4) is 17.1 Å². The van der Waals surface area contributed by atoms with Crippen LogP contribution in [-0.4, -0.2) is 19.7 Å². The number of benzene rings is 2. The van der Waals surface area contributed by atoms with Gasteiger partial charge in [0, 0.05) is 35.3 Å². The number of pyridine rings is 1. The summed E-state index contributed by atoms with van der Waals surface area (Å²) < 4.78 is 21.6. The van der Waals surface area contributed by atoms with Crippen LogP contribution in [0, 0.1) is 12.7 Å². The first-order chi connectivity index (χ1) is 14.3. The Hall–Kier alpha value is -3.03. The number of nitrogens with two attached hydrogens (primary N) is 1. The van der Waals surface area contributed by atoms with Gasteiger partial charge >= 0.3 is 0 Å². The summed E-state index contributed by atoms with van der Waals surface area (Å²) in [6, 6.07) is 9.97. The van der Waals surface area contributed by atoms with Crippen molar-refractivity contribution in [2.75, 3.05) is 0 Å². The Morgan fingerprint density at radius 2 is 2.07 bits per heavy atom. The highest BCUT2D eigenvalue weighted by Gasteiger charge is 2.17. The molecule has 0 aliphatic rings. The van der Waals surface area contributed by atoms with Crippen LogP contribution in [-0.2, 0) is 13.7 Å². The second-order valence-corrected chi connectivity index (χ2v) is 7.61. The van der Waals surface area contributed by atoms with Gasteiger partial charge in [0.15, 0.2) is 5.82 Å². The van der Waals surface area contributed by atoms with Gasteiger partial charge in [0.05, 0.1) is 5.02 Å². The molecule has 0 saturated carbocycles. The van der Waals surface area contributed by atoms with E-state index in [0.717, 1.165) is 22.5 Å². The normalized spacial score (nSPS) is 12.3. The molecule has 4 aromatic rings. The number of ether oxygens (including phenoxy) is 1. The molecule has 0 fully saturated rings. The van der Waals surface area contributed by atoms with E-state index >= 15 is 0 Å². The van der Waals surface area contributed by atoms with Gasteiger partial charge < -0.3 is 10.5 Å². The molecule has 2 aromatic heterocycles. The highest BCUT2D eigenvalue weighted by atomic mass is 35.5. The summed E-state index contributed by atoms with van der Waals surface area (Å²) in [6.45, 7) is 3.84. The minimum atomic E-state index is -0.424. The van der Waals surface area contributed by atoms with Crippen LogP contribution in [0.4, 0.5) is 4.39 Å². The molecule has 0 spiro atoms. The monoisotopic (exact) mass is 425 g/mol. The van der Waals surface area contributed by atoms with Crippen LogP contribution in [0.5, 0.6) is 5.75 Å². The Morgan fingerprint density at radius 1 is 1.27 bits per heavy atom. The third-order valence-corrected chi connectivity index (χ3v) is 5.28. The van der Waals surface area contributed by atoms with Gasteiger partial charge in [0.2, 0.25) is 0 Å². The third kappa shape index (κ3) is 3.74. The highest BCUT2D eigenvalue weighted by Crippen LogP contribution is 2.33. The predicted molar refractivity (Wildman–Crippen MR) is 115 cm³/mol. The summed E-state index contributed by atoms with van der Waals surface area (Å²) >= 11 is 6.29. The Bertz CT molecular complexity index is 1240. The average Bonchev–Trinajstić information content (AvgIpc) is 3.12. The Labute approximate surface area is 178 Å². The van der Waals surface area contributed by atoms with Gasteiger partial charge in [-0.25, -0.2) is 19.0 Å². The van der Waals surface area contributed by atoms with Crippen LogP contribution in [0.25, 0.3) is 22.3 Å². The molecule has 30 heavy (non-hydrogen) atoms. The Morgan fingerprint density at radius 3 is 2.77 bits per heavy atom. The first-order valence-corrected chi connectivity index (χ1v) is 9.84. The topological polar surface area (TPSA) is 78.8 Å². The first-order valence-electron chi connectivity index (χ1n) is 9.46. The van der Waals surface area contributed by atoms with Crippen molar-refractivity contribution >= 4 is 22.5 Å². The number of fused-ring (bicyclic) bond motifs is 1. The molecule has 0 unspecified atom stereocenters. The lowest BCUT2D eigenvalue weighted by molar-refractivity contribution is 0.307. The standard InChI is InChI=1S/C22H21ClFN5O/c1-12-7-17(22-26-11-27-29(22)3)15-5-4-6-20(21(15)28-12)30-10-18-16(13(2)25)8-14(24)9-19(18)23/h4-9,11,13H,10,25H2,1-3H3/t13-/m0/s1. The number of aryl methyl sites for hydroxylation is 2. The van der Waals surface area contributed by atoms with Crippen molar-refractivity contribution in [2.45, 2.75) is 26.5 Å². The average molecular weight is 426 g/mol. The minimum absolute atomic E-state index is 0.143. The predicted octanol–water partition coefficient (Wildman–Crippen LogP) is 4.73. The maximum Gasteiger partial charge on any atom is 0.158 e. The summed E-state index contributed by atoms with van der Waals surface area (Å²) in [5, 5.41) is 5.35. The van der Waals surface area contributed by atoms with Crippen molar-refractivity contribution in [3.63, 3.8) is 0 Å². The van der Waals surface area contributed by atoms with Gasteiger partial charge in [-0.15, -0.1) is 0 Å². The lowest BCUT2D eigenvalue weighted by Gasteiger charge is -2.17. The van der Waals surface area contributed by atoms with Crippen LogP contribution in [0.3, 0.4) is 0 Å². The summed E-state index contributed by atoms with van der Waals surface area (Å²) in [5.74, 6) is 0.908. The van der Waals surface area contributed by atoms with Crippen molar-refractivity contribution in [1.29, 1.82) is 0 Å². The molecule has 2 aromatic carbocycles. The zero-order chi connectivity index (χ0) is 21.4. The number of rotatable bonds is 5. The van der Waals surface area contributed by atoms with Crippen LogP contribution < -0.4 is 10.5 Å². The van der Waals surface area contributed by atoms with E-state index in [-0.39, 0.29) is 17.7 Å². The van der Waals surface area contributed by atoms with Crippen LogP contribution in [0.15, 0.2) is 42.7 Å². The fourth-order valence-electron chi connectivity index (χ4n) is 3.52. The molecule has 0 aliphatic carbocycles. The molecule has 8 heteroatoms. The van der Waals surface area contributed by atoms with Crippen LogP contribution in [0.1, 0.15) is 29.8 Å². The van der Waals surface area contributed by atoms with Gasteiger partial charge in [-0.2, -0.15) is 5.10 Å². The molecule has 0 radical (unpaired) electrons. The van der Waals surface area contributed by atoms with Crippen molar-refractivity contribution in [2.24, 2.45) is 12.8 Å². The van der Waals surface area contributed by atoms with Gasteiger partial charge in [0.25, 0.3) is 0 Å². The third-order valence-electron chi connectivity index (χ3n) is 4.94. The summed E-state index contributed by atoms with van der Waals surface area (Å²) in [5.41, 5.74) is 9.73. The molecule has 154 valence electrons. The molecule has 0 saturated heterocycles. The largest absolute Gasteiger partial charge is 0.487 e. The van der Waals surface area contributed by atoms with Gasteiger partial charge in [-0.1, -0.05) is 23.7 Å². The van der Waals surface area contributed by atoms with Crippen molar-refractivity contribution < 1.29 is 9.13 Å². The zero-order valence-electron chi connectivity index (χ0n) is 16.9. The van der Waals surface area contributed by atoms with E-state index < -0.39 is 5.82 Å². The van der Waals surface area contributed by atoms with E-state index in [1.165, 1.54) is 18.5 Å². The number of hydrogen-bond acceptors (Lipinski definition) is 5. The molecular weight excluding hydrogens is 405 g/mol. The van der Waals surface area contributed by atoms with E-state index in [1.807, 2.05) is 38.2 Å². The quantitative estimate of drug-likeness (QED) is 0.500. The minimum Gasteiger partial charge on any atom is -0.487 e. The van der Waals surface area contributed by atoms with E-state index in [2.05, 4.69) is 15.1 Å². The molecule has 0 bridgehead atoms. The lowest BCUT2D eigenvalue weighted by atomic mass is 10.0. The fourth-order valence-corrected chi connectivity index (χ4v) is 3.79. The SMILES string of the molecule is Cc1cc(-c2ncnn2C)c2cccc(OCc3c(Cl)cc(F)cc3[C@H](C)N)c2n1. The van der Waals surface area contributed by atoms with E-state index in [1.54, 1.807) is 11.6 Å². The fraction of sp³-hybridized carbons (Fsp3) is 0.227. The second kappa shape index (κ2) is 8.01. The van der Waals surface area contributed by atoms with Gasteiger partial charge in [-0.3, -0.25) is 0 Å². The van der Waals surface area contributed by atoms with E-state index in [4.69, 9.17) is 22.1 Å². The first kappa shape index (κ1) is 20.3. The second-order valence-electron chi connectivity index (χ2n) is 7.20. The maximum atomic E-state index is 13.8. The Balaban J connectivity index is 1.77. The molecule has 0 amide bonds. The Kier molecular flexibility index (Phi) is 5.40. The summed E-state index contributed by atoms with van der Waals surface area (Å²) in [7, 11) is 1.84. The lowest BCUT2D eigenvalue weighted by Crippen LogP contribution is -2.11. The van der Waals surface area contributed by atoms with Crippen molar-refractivity contribution in [3.05, 3.63) is 70.4 Å². The molecule has 2 heterocycles. The molecule has 0 aliphatic heterocycles. The maximum absolute atomic E-state index is 13.8. The smallest absolute Gasteiger partial charge is 0.158 e. The zero-order valence-corrected chi connectivity index (χ0v) is 17.6.